The number of rotatable bonds is 5. The number of hydrogen-bond donors (Lipinski definition) is 1. The maximum absolute atomic E-state index is 12.9. The fourth-order valence-electron chi connectivity index (χ4n) is 2.88. The van der Waals surface area contributed by atoms with Crippen LogP contribution in [0, 0.1) is 11.8 Å². The van der Waals surface area contributed by atoms with Crippen molar-refractivity contribution in [1.29, 1.82) is 0 Å². The van der Waals surface area contributed by atoms with Crippen LogP contribution in [0.1, 0.15) is 37.0 Å². The summed E-state index contributed by atoms with van der Waals surface area (Å²) in [6.45, 7) is 3.70. The van der Waals surface area contributed by atoms with Gasteiger partial charge < -0.3 is 10.2 Å². The Morgan fingerprint density at radius 3 is 2.11 bits per heavy atom. The maximum Gasteiger partial charge on any atom is 0.416 e. The predicted octanol–water partition coefficient (Wildman–Crippen LogP) is 3.84. The van der Waals surface area contributed by atoms with Gasteiger partial charge in [-0.05, 0) is 29.7 Å². The van der Waals surface area contributed by atoms with Crippen LogP contribution in [0.2, 0.25) is 0 Å². The lowest BCUT2D eigenvalue weighted by Crippen LogP contribution is -2.34. The molecule has 156 valence electrons. The van der Waals surface area contributed by atoms with Crippen molar-refractivity contribution in [2.45, 2.75) is 39.2 Å². The molecule has 28 heavy (non-hydrogen) atoms. The van der Waals surface area contributed by atoms with Crippen LogP contribution in [0.15, 0.2) is 18.2 Å². The highest BCUT2D eigenvalue weighted by Crippen LogP contribution is 2.36. The van der Waals surface area contributed by atoms with E-state index in [1.165, 1.54) is 0 Å². The first-order chi connectivity index (χ1) is 12.8. The van der Waals surface area contributed by atoms with Crippen molar-refractivity contribution in [1.82, 2.24) is 10.2 Å². The molecule has 1 aliphatic rings. The highest BCUT2D eigenvalue weighted by molar-refractivity contribution is 5.89. The number of carbonyl (C=O) groups excluding carboxylic acids is 2. The van der Waals surface area contributed by atoms with Gasteiger partial charge in [-0.1, -0.05) is 13.8 Å². The van der Waals surface area contributed by atoms with Crippen molar-refractivity contribution in [2.24, 2.45) is 11.8 Å². The third-order valence-corrected chi connectivity index (χ3v) is 4.29. The third-order valence-electron chi connectivity index (χ3n) is 4.29. The van der Waals surface area contributed by atoms with Gasteiger partial charge in [-0.25, -0.2) is 0 Å². The molecule has 1 atom stereocenters. The van der Waals surface area contributed by atoms with Gasteiger partial charge in [-0.15, -0.1) is 0 Å². The molecule has 2 rings (SSSR count). The molecule has 1 aliphatic heterocycles. The summed E-state index contributed by atoms with van der Waals surface area (Å²) in [5.74, 6) is -1.33. The van der Waals surface area contributed by atoms with Crippen LogP contribution in [-0.4, -0.2) is 29.8 Å². The van der Waals surface area contributed by atoms with Crippen molar-refractivity contribution < 1.29 is 35.9 Å². The second kappa shape index (κ2) is 8.00. The Kier molecular flexibility index (Phi) is 6.30. The first-order valence-corrected chi connectivity index (χ1v) is 8.61. The lowest BCUT2D eigenvalue weighted by atomic mass is 10.0. The van der Waals surface area contributed by atoms with E-state index in [0.717, 1.165) is 4.90 Å². The van der Waals surface area contributed by atoms with Gasteiger partial charge in [0.1, 0.15) is 0 Å². The van der Waals surface area contributed by atoms with E-state index >= 15 is 0 Å². The van der Waals surface area contributed by atoms with E-state index in [4.69, 9.17) is 0 Å². The van der Waals surface area contributed by atoms with E-state index in [9.17, 15) is 35.9 Å². The third kappa shape index (κ3) is 5.62. The lowest BCUT2D eigenvalue weighted by molar-refractivity contribution is -0.143. The van der Waals surface area contributed by atoms with E-state index in [1.807, 2.05) is 13.8 Å². The number of halogens is 6. The Hall–Kier alpha value is -2.26. The minimum Gasteiger partial charge on any atom is -0.356 e. The first-order valence-electron chi connectivity index (χ1n) is 8.61. The summed E-state index contributed by atoms with van der Waals surface area (Å²) in [5.41, 5.74) is -3.16. The highest BCUT2D eigenvalue weighted by atomic mass is 19.4. The Bertz CT molecular complexity index is 710. The van der Waals surface area contributed by atoms with Crippen molar-refractivity contribution in [3.8, 4) is 0 Å². The molecular formula is C18H20F6N2O2. The monoisotopic (exact) mass is 410 g/mol. The number of benzene rings is 1. The molecule has 1 fully saturated rings. The molecule has 0 aromatic heterocycles. The Labute approximate surface area is 157 Å². The molecule has 1 saturated heterocycles. The second-order valence-corrected chi connectivity index (χ2v) is 7.23. The molecular weight excluding hydrogens is 390 g/mol. The van der Waals surface area contributed by atoms with Crippen LogP contribution in [0.25, 0.3) is 0 Å². The molecule has 1 N–H and O–H groups in total. The van der Waals surface area contributed by atoms with Gasteiger partial charge >= 0.3 is 12.4 Å². The van der Waals surface area contributed by atoms with Crippen molar-refractivity contribution in [3.05, 3.63) is 34.9 Å². The minimum atomic E-state index is -4.95. The molecule has 4 nitrogen and oxygen atoms in total. The fourth-order valence-corrected chi connectivity index (χ4v) is 2.88. The van der Waals surface area contributed by atoms with Crippen LogP contribution >= 0.6 is 0 Å². The maximum atomic E-state index is 12.9. The second-order valence-electron chi connectivity index (χ2n) is 7.23. The van der Waals surface area contributed by atoms with Crippen molar-refractivity contribution in [3.63, 3.8) is 0 Å². The van der Waals surface area contributed by atoms with Crippen LogP contribution in [0.4, 0.5) is 26.3 Å². The van der Waals surface area contributed by atoms with Crippen LogP contribution in [0.3, 0.4) is 0 Å². The van der Waals surface area contributed by atoms with E-state index < -0.39 is 41.8 Å². The van der Waals surface area contributed by atoms with Gasteiger partial charge in [0.15, 0.2) is 0 Å². The molecule has 0 saturated carbocycles. The van der Waals surface area contributed by atoms with Gasteiger partial charge in [-0.3, -0.25) is 9.59 Å². The molecule has 0 radical (unpaired) electrons. The summed E-state index contributed by atoms with van der Waals surface area (Å²) in [7, 11) is 0. The van der Waals surface area contributed by atoms with Crippen molar-refractivity contribution in [2.75, 3.05) is 13.1 Å². The molecule has 0 spiro atoms. The molecule has 0 unspecified atom stereocenters. The summed E-state index contributed by atoms with van der Waals surface area (Å²) in [6.07, 6.45) is -10.0. The Balaban J connectivity index is 2.18. The first kappa shape index (κ1) is 22.0. The number of amides is 2. The molecule has 1 aromatic rings. The van der Waals surface area contributed by atoms with Gasteiger partial charge in [-0.2, -0.15) is 26.3 Å². The van der Waals surface area contributed by atoms with Crippen LogP contribution in [-0.2, 0) is 28.5 Å². The molecule has 0 aliphatic carbocycles. The lowest BCUT2D eigenvalue weighted by Gasteiger charge is -2.19. The largest absolute Gasteiger partial charge is 0.416 e. The number of carbonyl (C=O) groups is 2. The zero-order valence-corrected chi connectivity index (χ0v) is 15.2. The molecule has 1 aromatic carbocycles. The summed E-state index contributed by atoms with van der Waals surface area (Å²) < 4.78 is 77.7. The Morgan fingerprint density at radius 2 is 1.64 bits per heavy atom. The normalized spacial score (nSPS) is 18.1. The number of nitrogens with one attached hydrogen (secondary N) is 1. The fraction of sp³-hybridized carbons (Fsp3) is 0.556. The summed E-state index contributed by atoms with van der Waals surface area (Å²) in [4.78, 5) is 25.3. The number of hydrogen-bond acceptors (Lipinski definition) is 2. The average molecular weight is 410 g/mol. The molecule has 2 amide bonds. The SMILES string of the molecule is CC(C)CNC(=O)[C@@H]1CC(=O)N(Cc2cc(C(F)(F)F)cc(C(F)(F)F)c2)C1. The quantitative estimate of drug-likeness (QED) is 0.750. The summed E-state index contributed by atoms with van der Waals surface area (Å²) in [5, 5.41) is 2.67. The summed E-state index contributed by atoms with van der Waals surface area (Å²) >= 11 is 0. The van der Waals surface area contributed by atoms with Gasteiger partial charge in [0.25, 0.3) is 0 Å². The van der Waals surface area contributed by atoms with Crippen LogP contribution in [0.5, 0.6) is 0 Å². The van der Waals surface area contributed by atoms with E-state index in [1.54, 1.807) is 0 Å². The smallest absolute Gasteiger partial charge is 0.356 e. The van der Waals surface area contributed by atoms with E-state index in [2.05, 4.69) is 5.32 Å². The van der Waals surface area contributed by atoms with E-state index in [0.29, 0.717) is 18.7 Å². The summed E-state index contributed by atoms with van der Waals surface area (Å²) in [6, 6.07) is 1.22. The zero-order chi connectivity index (χ0) is 21.3. The molecule has 10 heteroatoms. The average Bonchev–Trinajstić information content (AvgIpc) is 2.91. The van der Waals surface area contributed by atoms with Gasteiger partial charge in [0.2, 0.25) is 11.8 Å². The standard InChI is InChI=1S/C18H20F6N2O2/c1-10(2)7-25-16(28)12-5-15(27)26(9-12)8-11-3-13(17(19,20)21)6-14(4-11)18(22,23)24/h3-4,6,10,12H,5,7-9H2,1-2H3,(H,25,28)/t12-/m1/s1. The van der Waals surface area contributed by atoms with Gasteiger partial charge in [0, 0.05) is 26.1 Å². The van der Waals surface area contributed by atoms with Crippen LogP contribution < -0.4 is 5.32 Å². The Morgan fingerprint density at radius 1 is 1.11 bits per heavy atom. The van der Waals surface area contributed by atoms with E-state index in [-0.39, 0.29) is 36.4 Å². The molecule has 1 heterocycles. The number of likely N-dealkylation sites (tertiary alicyclic amines) is 1. The molecule has 0 bridgehead atoms. The minimum absolute atomic E-state index is 0.0392. The van der Waals surface area contributed by atoms with Gasteiger partial charge in [0.05, 0.1) is 17.0 Å². The van der Waals surface area contributed by atoms with Crippen molar-refractivity contribution >= 4 is 11.8 Å². The highest BCUT2D eigenvalue weighted by Gasteiger charge is 2.38. The number of alkyl halides is 6. The number of nitrogens with zero attached hydrogens (tertiary/aromatic N) is 1. The topological polar surface area (TPSA) is 49.4 Å². The predicted molar refractivity (Wildman–Crippen MR) is 87.8 cm³/mol. The zero-order valence-electron chi connectivity index (χ0n) is 15.2.